The largest absolute Gasteiger partial charge is 0.408 e. The summed E-state index contributed by atoms with van der Waals surface area (Å²) in [6.07, 6.45) is -1.88. The molecule has 0 spiro atoms. The second-order valence-electron chi connectivity index (χ2n) is 9.29. The van der Waals surface area contributed by atoms with Gasteiger partial charge in [0.1, 0.15) is 18.3 Å². The molecule has 0 aliphatic carbocycles. The van der Waals surface area contributed by atoms with Crippen LogP contribution in [0.15, 0.2) is 21.9 Å². The van der Waals surface area contributed by atoms with Gasteiger partial charge in [0.2, 0.25) is 0 Å². The third-order valence-corrected chi connectivity index (χ3v) is 10.1. The van der Waals surface area contributed by atoms with Gasteiger partial charge >= 0.3 is 5.69 Å². The normalized spacial score (nSPS) is 25.7. The van der Waals surface area contributed by atoms with Gasteiger partial charge in [-0.3, -0.25) is 14.3 Å². The van der Waals surface area contributed by atoms with Crippen molar-refractivity contribution in [1.29, 1.82) is 0 Å². The minimum absolute atomic E-state index is 0.0596. The zero-order chi connectivity index (χ0) is 22.0. The van der Waals surface area contributed by atoms with E-state index in [1.807, 2.05) is 19.0 Å². The zero-order valence-electron chi connectivity index (χ0n) is 18.5. The molecular weight excluding hydrogens is 394 g/mol. The predicted octanol–water partition coefficient (Wildman–Crippen LogP) is 0.764. The number of nitrogens with zero attached hydrogens (tertiary/aromatic N) is 2. The molecule has 0 radical (unpaired) electrons. The third-order valence-electron chi connectivity index (χ3n) is 5.64. The van der Waals surface area contributed by atoms with Crippen molar-refractivity contribution >= 4 is 8.32 Å². The lowest BCUT2D eigenvalue weighted by Crippen LogP contribution is -2.50. The van der Waals surface area contributed by atoms with Crippen LogP contribution in [0.1, 0.15) is 27.0 Å². The van der Waals surface area contributed by atoms with Gasteiger partial charge in [0.25, 0.3) is 5.56 Å². The molecule has 0 saturated carbocycles. The molecule has 1 unspecified atom stereocenters. The van der Waals surface area contributed by atoms with E-state index in [2.05, 4.69) is 38.8 Å². The van der Waals surface area contributed by atoms with Crippen molar-refractivity contribution in [3.63, 3.8) is 0 Å². The quantitative estimate of drug-likeness (QED) is 0.464. The topological polar surface area (TPSA) is 106 Å². The number of aliphatic hydroxyl groups is 1. The van der Waals surface area contributed by atoms with E-state index in [-0.39, 0.29) is 11.6 Å². The summed E-state index contributed by atoms with van der Waals surface area (Å²) in [5.74, 6) is 0. The Morgan fingerprint density at radius 3 is 2.52 bits per heavy atom. The first-order chi connectivity index (χ1) is 13.3. The number of nitrogens with one attached hydrogen (secondary N) is 1. The van der Waals surface area contributed by atoms with Crippen LogP contribution < -0.4 is 11.2 Å². The summed E-state index contributed by atoms with van der Waals surface area (Å²) in [5.41, 5.74) is -1.14. The molecule has 4 atom stereocenters. The van der Waals surface area contributed by atoms with Crippen LogP contribution in [0.3, 0.4) is 0 Å². The molecule has 1 saturated heterocycles. The van der Waals surface area contributed by atoms with Crippen LogP contribution in [0.2, 0.25) is 18.1 Å². The number of rotatable bonds is 8. The van der Waals surface area contributed by atoms with Gasteiger partial charge in [-0.1, -0.05) is 20.8 Å². The molecule has 1 fully saturated rings. The maximum absolute atomic E-state index is 12.2. The second-order valence-corrected chi connectivity index (χ2v) is 14.1. The molecule has 1 aliphatic rings. The van der Waals surface area contributed by atoms with Crippen LogP contribution in [0.25, 0.3) is 0 Å². The predicted molar refractivity (Wildman–Crippen MR) is 113 cm³/mol. The molecular formula is C19H35N3O6Si. The van der Waals surface area contributed by atoms with Crippen molar-refractivity contribution in [2.75, 3.05) is 33.9 Å². The molecule has 0 aromatic carbocycles. The Morgan fingerprint density at radius 1 is 1.31 bits per heavy atom. The molecule has 10 heteroatoms. The lowest BCUT2D eigenvalue weighted by molar-refractivity contribution is -0.0684. The molecule has 166 valence electrons. The van der Waals surface area contributed by atoms with Crippen LogP contribution in [0.4, 0.5) is 0 Å². The highest BCUT2D eigenvalue weighted by Crippen LogP contribution is 2.41. The fraction of sp³-hybridized carbons (Fsp3) is 0.789. The molecule has 9 nitrogen and oxygen atoms in total. The van der Waals surface area contributed by atoms with E-state index in [9.17, 15) is 14.7 Å². The van der Waals surface area contributed by atoms with Gasteiger partial charge in [0, 0.05) is 18.8 Å². The molecule has 0 amide bonds. The molecule has 2 N–H and O–H groups in total. The van der Waals surface area contributed by atoms with Crippen molar-refractivity contribution in [3.8, 4) is 0 Å². The lowest BCUT2D eigenvalue weighted by Gasteiger charge is -2.40. The van der Waals surface area contributed by atoms with E-state index < -0.39 is 44.1 Å². The maximum atomic E-state index is 12.2. The number of hydrogen-bond acceptors (Lipinski definition) is 7. The number of ether oxygens (including phenoxy) is 2. The van der Waals surface area contributed by atoms with Crippen molar-refractivity contribution in [3.05, 3.63) is 33.1 Å². The van der Waals surface area contributed by atoms with E-state index in [4.69, 9.17) is 13.9 Å². The first kappa shape index (κ1) is 24.0. The summed E-state index contributed by atoms with van der Waals surface area (Å²) < 4.78 is 19.4. The molecule has 2 heterocycles. The van der Waals surface area contributed by atoms with Crippen LogP contribution in [0, 0.1) is 0 Å². The van der Waals surface area contributed by atoms with Crippen LogP contribution >= 0.6 is 0 Å². The summed E-state index contributed by atoms with van der Waals surface area (Å²) in [4.78, 5) is 27.8. The van der Waals surface area contributed by atoms with Crippen LogP contribution in [0.5, 0.6) is 0 Å². The molecule has 0 bridgehead atoms. The Morgan fingerprint density at radius 2 is 1.97 bits per heavy atom. The molecule has 2 rings (SSSR count). The van der Waals surface area contributed by atoms with Gasteiger partial charge in [0.05, 0.1) is 13.2 Å². The van der Waals surface area contributed by atoms with Gasteiger partial charge in [0.15, 0.2) is 14.5 Å². The van der Waals surface area contributed by atoms with E-state index in [0.717, 1.165) is 6.54 Å². The van der Waals surface area contributed by atoms with Crippen molar-refractivity contribution < 1.29 is 19.0 Å². The molecule has 1 aromatic rings. The molecule has 1 aliphatic heterocycles. The lowest BCUT2D eigenvalue weighted by atomic mass is 10.1. The number of H-pyrrole nitrogens is 1. The fourth-order valence-corrected chi connectivity index (χ4v) is 4.15. The van der Waals surface area contributed by atoms with Crippen molar-refractivity contribution in [2.24, 2.45) is 0 Å². The second kappa shape index (κ2) is 9.23. The Balaban J connectivity index is 2.25. The highest BCUT2D eigenvalue weighted by molar-refractivity contribution is 6.74. The van der Waals surface area contributed by atoms with E-state index in [1.165, 1.54) is 16.8 Å². The highest BCUT2D eigenvalue weighted by Gasteiger charge is 2.50. The third kappa shape index (κ3) is 5.86. The van der Waals surface area contributed by atoms with Gasteiger partial charge in [-0.2, -0.15) is 0 Å². The zero-order valence-corrected chi connectivity index (χ0v) is 19.5. The Hall–Kier alpha value is -1.30. The van der Waals surface area contributed by atoms with Crippen LogP contribution in [-0.2, 0) is 13.9 Å². The highest BCUT2D eigenvalue weighted by atomic mass is 28.4. The van der Waals surface area contributed by atoms with E-state index in [0.29, 0.717) is 6.61 Å². The van der Waals surface area contributed by atoms with Gasteiger partial charge in [-0.15, -0.1) is 0 Å². The number of aliphatic hydroxyl groups excluding tert-OH is 1. The monoisotopic (exact) mass is 429 g/mol. The minimum atomic E-state index is -2.22. The fourth-order valence-electron chi connectivity index (χ4n) is 2.82. The van der Waals surface area contributed by atoms with Crippen LogP contribution in [-0.4, -0.2) is 80.0 Å². The smallest absolute Gasteiger partial charge is 0.330 e. The standard InChI is InChI=1S/C19H35N3O6Si/c1-19(2,3)29(6,7)28-16-13(12-26-11-10-21(4)5)27-17(15(16)24)22-9-8-14(23)20-18(22)25/h8-9,13,15-17,24H,10-12H2,1-7H3,(H,20,23,25)/t13-,15+,16?,17-/m1/s1. The van der Waals surface area contributed by atoms with E-state index in [1.54, 1.807) is 0 Å². The number of aromatic nitrogens is 2. The number of likely N-dealkylation sites (N-methyl/N-ethyl adjacent to an activating group) is 1. The molecule has 29 heavy (non-hydrogen) atoms. The van der Waals surface area contributed by atoms with Gasteiger partial charge < -0.3 is 23.9 Å². The van der Waals surface area contributed by atoms with Crippen molar-refractivity contribution in [2.45, 2.75) is 63.4 Å². The first-order valence-electron chi connectivity index (χ1n) is 9.89. The average molecular weight is 430 g/mol. The number of hydrogen-bond donors (Lipinski definition) is 2. The summed E-state index contributed by atoms with van der Waals surface area (Å²) >= 11 is 0. The molecule has 1 aromatic heterocycles. The first-order valence-corrected chi connectivity index (χ1v) is 12.8. The van der Waals surface area contributed by atoms with Gasteiger partial charge in [-0.05, 0) is 32.2 Å². The Kier molecular flexibility index (Phi) is 7.63. The Bertz CT molecular complexity index is 785. The summed E-state index contributed by atoms with van der Waals surface area (Å²) in [7, 11) is 1.70. The summed E-state index contributed by atoms with van der Waals surface area (Å²) in [6, 6.07) is 1.22. The Labute approximate surface area is 172 Å². The average Bonchev–Trinajstić information content (AvgIpc) is 2.86. The number of aromatic amines is 1. The SMILES string of the molecule is CN(C)CCOC[C@H]1O[C@@H](n2ccc(=O)[nH]c2=O)[C@@H](O)C1O[Si](C)(C)C(C)(C)C. The van der Waals surface area contributed by atoms with Gasteiger partial charge in [-0.25, -0.2) is 4.79 Å². The van der Waals surface area contributed by atoms with E-state index >= 15 is 0 Å². The minimum Gasteiger partial charge on any atom is -0.408 e. The van der Waals surface area contributed by atoms with Crippen molar-refractivity contribution in [1.82, 2.24) is 14.5 Å². The maximum Gasteiger partial charge on any atom is 0.330 e. The summed E-state index contributed by atoms with van der Waals surface area (Å²) in [5, 5.41) is 10.9. The summed E-state index contributed by atoms with van der Waals surface area (Å²) in [6.45, 7) is 12.1.